The first-order valence-electron chi connectivity index (χ1n) is 12.7. The van der Waals surface area contributed by atoms with Crippen LogP contribution in [0, 0.1) is 0 Å². The predicted molar refractivity (Wildman–Crippen MR) is 141 cm³/mol. The minimum absolute atomic E-state index is 0.100. The fourth-order valence-electron chi connectivity index (χ4n) is 6.08. The Morgan fingerprint density at radius 1 is 0.947 bits per heavy atom. The van der Waals surface area contributed by atoms with Crippen LogP contribution in [-0.2, 0) is 9.59 Å². The van der Waals surface area contributed by atoms with Gasteiger partial charge in [-0.05, 0) is 38.7 Å². The number of piperidine rings is 1. The van der Waals surface area contributed by atoms with Crippen molar-refractivity contribution in [3.05, 3.63) is 66.1 Å². The van der Waals surface area contributed by atoms with Gasteiger partial charge in [0, 0.05) is 40.9 Å². The Hall–Kier alpha value is -4.60. The molecule has 3 atom stereocenters. The highest BCUT2D eigenvalue weighted by Gasteiger charge is 2.46. The number of Topliss-reactive ketones (excluding diaryl/α,β-unsaturated/α-hetero) is 1. The number of hydrogen-bond acceptors (Lipinski definition) is 7. The molecule has 1 aromatic carbocycles. The largest absolute Gasteiger partial charge is 0.383 e. The van der Waals surface area contributed by atoms with E-state index in [0.29, 0.717) is 29.7 Å². The molecule has 2 bridgehead atoms. The maximum atomic E-state index is 12.8. The average Bonchev–Trinajstić information content (AvgIpc) is 3.46. The van der Waals surface area contributed by atoms with E-state index in [1.165, 1.54) is 11.4 Å². The van der Waals surface area contributed by atoms with Crippen molar-refractivity contribution in [2.24, 2.45) is 5.73 Å². The molecule has 0 aliphatic carbocycles. The zero-order chi connectivity index (χ0) is 26.6. The van der Waals surface area contributed by atoms with E-state index in [1.54, 1.807) is 17.3 Å². The number of carbonyl (C=O) groups excluding carboxylic acids is 3. The number of hydrogen-bond donors (Lipinski definition) is 2. The molecule has 4 N–H and O–H groups in total. The molecule has 6 rings (SSSR count). The number of nitrogens with zero attached hydrogens (tertiary/aromatic N) is 5. The highest BCUT2D eigenvalue weighted by Crippen LogP contribution is 2.44. The van der Waals surface area contributed by atoms with Gasteiger partial charge in [0.1, 0.15) is 5.82 Å². The Morgan fingerprint density at radius 2 is 1.66 bits per heavy atom. The second kappa shape index (κ2) is 9.05. The van der Waals surface area contributed by atoms with Gasteiger partial charge in [0.25, 0.3) is 0 Å². The number of primary amides is 1. The van der Waals surface area contributed by atoms with Gasteiger partial charge in [0.05, 0.1) is 23.1 Å². The number of nitrogens with two attached hydrogens (primary N) is 2. The van der Waals surface area contributed by atoms with Gasteiger partial charge in [0.2, 0.25) is 0 Å². The number of pyridine rings is 1. The number of anilines is 1. The molecule has 10 nitrogen and oxygen atoms in total. The lowest BCUT2D eigenvalue weighted by Crippen LogP contribution is -2.50. The molecular weight excluding hydrogens is 482 g/mol. The number of amides is 2. The summed E-state index contributed by atoms with van der Waals surface area (Å²) >= 11 is 0. The summed E-state index contributed by atoms with van der Waals surface area (Å²) in [4.78, 5) is 48.0. The summed E-state index contributed by atoms with van der Waals surface area (Å²) in [5.74, 6) is -1.64. The Bertz CT molecular complexity index is 1570. The van der Waals surface area contributed by atoms with E-state index in [0.717, 1.165) is 35.2 Å². The van der Waals surface area contributed by atoms with Crippen molar-refractivity contribution >= 4 is 29.1 Å². The number of aromatic nitrogens is 4. The third-order valence-corrected chi connectivity index (χ3v) is 7.77. The van der Waals surface area contributed by atoms with Crippen LogP contribution in [0.2, 0.25) is 0 Å². The van der Waals surface area contributed by atoms with Crippen LogP contribution in [0.15, 0.2) is 54.9 Å². The van der Waals surface area contributed by atoms with Crippen LogP contribution in [0.1, 0.15) is 54.6 Å². The van der Waals surface area contributed by atoms with Gasteiger partial charge >= 0.3 is 11.8 Å². The topological polar surface area (TPSA) is 150 Å². The highest BCUT2D eigenvalue weighted by molar-refractivity contribution is 6.34. The average molecular weight is 510 g/mol. The summed E-state index contributed by atoms with van der Waals surface area (Å²) in [5.41, 5.74) is 16.8. The fourth-order valence-corrected chi connectivity index (χ4v) is 6.08. The van der Waals surface area contributed by atoms with E-state index in [4.69, 9.17) is 16.5 Å². The van der Waals surface area contributed by atoms with Crippen molar-refractivity contribution in [3.63, 3.8) is 0 Å². The number of nitrogen functional groups attached to an aromatic ring is 1. The maximum absolute atomic E-state index is 12.8. The summed E-state index contributed by atoms with van der Waals surface area (Å²) < 4.78 is 1.50. The number of carbonyl (C=O) groups is 3. The van der Waals surface area contributed by atoms with Crippen molar-refractivity contribution in [1.82, 2.24) is 24.5 Å². The standard InChI is InChI=1S/C28H27N7O3/c1-15(36)23-24(18-11-19-8-9-20(12-18)34(19)28(38)26(30)37)33-27-21(14-32-35(27)25(23)29)17-7-10-22(31-13-17)16-5-3-2-4-6-16/h2-7,10,13-14,18-20H,8-9,11-12,29H2,1H3,(H2,30,37)/t18-,19+,20-. The first-order valence-corrected chi connectivity index (χ1v) is 12.7. The van der Waals surface area contributed by atoms with E-state index in [2.05, 4.69) is 10.1 Å². The lowest BCUT2D eigenvalue weighted by Gasteiger charge is -2.38. The molecule has 2 saturated heterocycles. The van der Waals surface area contributed by atoms with Crippen LogP contribution in [-0.4, -0.2) is 54.2 Å². The van der Waals surface area contributed by atoms with Crippen molar-refractivity contribution in [3.8, 4) is 22.4 Å². The Balaban J connectivity index is 1.40. The Labute approximate surface area is 218 Å². The van der Waals surface area contributed by atoms with Gasteiger partial charge < -0.3 is 16.4 Å². The second-order valence-electron chi connectivity index (χ2n) is 10.0. The van der Waals surface area contributed by atoms with Gasteiger partial charge in [-0.1, -0.05) is 36.4 Å². The zero-order valence-electron chi connectivity index (χ0n) is 20.9. The number of fused-ring (bicyclic) bond motifs is 3. The number of ketones is 1. The highest BCUT2D eigenvalue weighted by atomic mass is 16.2. The number of rotatable bonds is 4. The first-order chi connectivity index (χ1) is 18.3. The molecule has 0 saturated carbocycles. The second-order valence-corrected chi connectivity index (χ2v) is 10.0. The lowest BCUT2D eigenvalue weighted by atomic mass is 9.85. The minimum Gasteiger partial charge on any atom is -0.383 e. The zero-order valence-corrected chi connectivity index (χ0v) is 20.9. The predicted octanol–water partition coefficient (Wildman–Crippen LogP) is 2.97. The van der Waals surface area contributed by atoms with Crippen LogP contribution in [0.25, 0.3) is 28.0 Å². The number of benzene rings is 1. The molecular formula is C28H27N7O3. The molecule has 0 spiro atoms. The van der Waals surface area contributed by atoms with Crippen LogP contribution in [0.4, 0.5) is 5.82 Å². The third-order valence-electron chi connectivity index (χ3n) is 7.77. The molecule has 10 heteroatoms. The van der Waals surface area contributed by atoms with E-state index in [-0.39, 0.29) is 29.6 Å². The maximum Gasteiger partial charge on any atom is 0.312 e. The molecule has 2 fully saturated rings. The monoisotopic (exact) mass is 509 g/mol. The van der Waals surface area contributed by atoms with Gasteiger partial charge in [0.15, 0.2) is 11.4 Å². The molecule has 192 valence electrons. The fraction of sp³-hybridized carbons (Fsp3) is 0.286. The summed E-state index contributed by atoms with van der Waals surface area (Å²) in [6.45, 7) is 1.47. The Morgan fingerprint density at radius 3 is 2.26 bits per heavy atom. The molecule has 38 heavy (non-hydrogen) atoms. The molecule has 4 aromatic rings. The quantitative estimate of drug-likeness (QED) is 0.317. The van der Waals surface area contributed by atoms with Gasteiger partial charge in [-0.2, -0.15) is 9.61 Å². The van der Waals surface area contributed by atoms with Gasteiger partial charge in [-0.25, -0.2) is 4.98 Å². The third kappa shape index (κ3) is 3.80. The first kappa shape index (κ1) is 23.8. The molecule has 2 aliphatic rings. The van der Waals surface area contributed by atoms with Gasteiger partial charge in [-0.15, -0.1) is 0 Å². The molecule has 0 radical (unpaired) electrons. The summed E-state index contributed by atoms with van der Waals surface area (Å²) in [7, 11) is 0. The van der Waals surface area contributed by atoms with Crippen molar-refractivity contribution in [2.75, 3.05) is 5.73 Å². The van der Waals surface area contributed by atoms with E-state index in [1.807, 2.05) is 42.5 Å². The van der Waals surface area contributed by atoms with Gasteiger partial charge in [-0.3, -0.25) is 19.4 Å². The van der Waals surface area contributed by atoms with E-state index < -0.39 is 11.8 Å². The van der Waals surface area contributed by atoms with Crippen molar-refractivity contribution < 1.29 is 14.4 Å². The molecule has 2 aliphatic heterocycles. The smallest absolute Gasteiger partial charge is 0.312 e. The van der Waals surface area contributed by atoms with Crippen molar-refractivity contribution in [2.45, 2.75) is 50.6 Å². The Kier molecular flexibility index (Phi) is 5.67. The summed E-state index contributed by atoms with van der Waals surface area (Å²) in [6, 6.07) is 13.6. The molecule has 5 heterocycles. The van der Waals surface area contributed by atoms with Crippen LogP contribution in [0.5, 0.6) is 0 Å². The van der Waals surface area contributed by atoms with E-state index in [9.17, 15) is 14.4 Å². The lowest BCUT2D eigenvalue weighted by molar-refractivity contribution is -0.147. The summed E-state index contributed by atoms with van der Waals surface area (Å²) in [5, 5.41) is 4.45. The SMILES string of the molecule is CC(=O)c1c([C@H]2C[C@H]3CC[C@@H](C2)N3C(=O)C(N)=O)nc2c(-c3ccc(-c4ccccc4)nc3)cnn2c1N. The minimum atomic E-state index is -0.940. The normalized spacial score (nSPS) is 20.6. The summed E-state index contributed by atoms with van der Waals surface area (Å²) in [6.07, 6.45) is 6.19. The van der Waals surface area contributed by atoms with Crippen LogP contribution in [0.3, 0.4) is 0 Å². The van der Waals surface area contributed by atoms with Crippen LogP contribution >= 0.6 is 0 Å². The van der Waals surface area contributed by atoms with Crippen molar-refractivity contribution in [1.29, 1.82) is 0 Å². The van der Waals surface area contributed by atoms with E-state index >= 15 is 0 Å². The molecule has 2 amide bonds. The van der Waals surface area contributed by atoms with Crippen LogP contribution < -0.4 is 11.5 Å². The molecule has 0 unspecified atom stereocenters. The molecule has 3 aromatic heterocycles.